The smallest absolute Gasteiger partial charge is 0.0629 e. The van der Waals surface area contributed by atoms with Crippen LogP contribution in [0.25, 0.3) is 0 Å². The molecule has 0 rings (SSSR count). The Bertz CT molecular complexity index is 226. The van der Waals surface area contributed by atoms with Crippen molar-refractivity contribution in [2.24, 2.45) is 10.8 Å². The zero-order chi connectivity index (χ0) is 19.6. The van der Waals surface area contributed by atoms with Crippen molar-refractivity contribution in [3.8, 4) is 0 Å². The third-order valence-corrected chi connectivity index (χ3v) is 3.90. The molecule has 0 saturated heterocycles. The Kier molecular flexibility index (Phi) is 18.3. The summed E-state index contributed by atoms with van der Waals surface area (Å²) in [7, 11) is 0. The normalized spacial score (nSPS) is 12.0. The van der Waals surface area contributed by atoms with E-state index >= 15 is 0 Å². The van der Waals surface area contributed by atoms with E-state index in [1.54, 1.807) is 0 Å². The van der Waals surface area contributed by atoms with Gasteiger partial charge in [-0.05, 0) is 12.8 Å². The number of ether oxygens (including phenoxy) is 1. The molecule has 0 heterocycles. The first kappa shape index (κ1) is 26.9. The SMILES string of the molecule is OCC(CO)(CO)COCC(CO)(CO)CO.OCCCCCCO. The summed E-state index contributed by atoms with van der Waals surface area (Å²) in [4.78, 5) is 0. The Morgan fingerprint density at radius 2 is 0.720 bits per heavy atom. The van der Waals surface area contributed by atoms with Gasteiger partial charge in [0.15, 0.2) is 0 Å². The lowest BCUT2D eigenvalue weighted by Crippen LogP contribution is -2.43. The maximum atomic E-state index is 9.03. The number of aliphatic hydroxyl groups is 8. The summed E-state index contributed by atoms with van der Waals surface area (Å²) in [6.07, 6.45) is 3.83. The Labute approximate surface area is 149 Å². The van der Waals surface area contributed by atoms with Crippen LogP contribution < -0.4 is 0 Å². The lowest BCUT2D eigenvalue weighted by atomic mass is 9.91. The Morgan fingerprint density at radius 1 is 0.440 bits per heavy atom. The predicted molar refractivity (Wildman–Crippen MR) is 90.8 cm³/mol. The average molecular weight is 372 g/mol. The minimum absolute atomic E-state index is 0.141. The van der Waals surface area contributed by atoms with Gasteiger partial charge >= 0.3 is 0 Å². The van der Waals surface area contributed by atoms with E-state index in [0.717, 1.165) is 25.7 Å². The molecule has 0 spiro atoms. The van der Waals surface area contributed by atoms with Gasteiger partial charge in [-0.15, -0.1) is 0 Å². The fourth-order valence-electron chi connectivity index (χ4n) is 1.64. The molecular weight excluding hydrogens is 336 g/mol. The van der Waals surface area contributed by atoms with Crippen LogP contribution in [-0.4, -0.2) is 107 Å². The molecule has 0 bridgehead atoms. The fourth-order valence-corrected chi connectivity index (χ4v) is 1.64. The first-order valence-electron chi connectivity index (χ1n) is 8.44. The first-order chi connectivity index (χ1) is 12.0. The van der Waals surface area contributed by atoms with Crippen molar-refractivity contribution in [3.05, 3.63) is 0 Å². The zero-order valence-corrected chi connectivity index (χ0v) is 14.9. The molecule has 0 aliphatic carbocycles. The zero-order valence-electron chi connectivity index (χ0n) is 14.9. The number of aliphatic hydroxyl groups excluding tert-OH is 8. The standard InChI is InChI=1S/C10H22O7.C6H14O2/c11-1-9(2-12,3-13)7-17-8-10(4-14,5-15)6-16;7-5-3-1-2-4-6-8/h11-16H,1-8H2;7-8H,1-6H2. The van der Waals surface area contributed by atoms with E-state index in [1.165, 1.54) is 0 Å². The summed E-state index contributed by atoms with van der Waals surface area (Å²) in [6.45, 7) is -2.44. The van der Waals surface area contributed by atoms with Crippen molar-refractivity contribution < 1.29 is 45.6 Å². The van der Waals surface area contributed by atoms with Crippen LogP contribution in [0.2, 0.25) is 0 Å². The van der Waals surface area contributed by atoms with Crippen LogP contribution in [0.4, 0.5) is 0 Å². The van der Waals surface area contributed by atoms with Crippen molar-refractivity contribution in [1.29, 1.82) is 0 Å². The van der Waals surface area contributed by atoms with Gasteiger partial charge < -0.3 is 45.6 Å². The van der Waals surface area contributed by atoms with E-state index < -0.39 is 50.5 Å². The highest BCUT2D eigenvalue weighted by molar-refractivity contribution is 4.80. The van der Waals surface area contributed by atoms with E-state index in [9.17, 15) is 0 Å². The highest BCUT2D eigenvalue weighted by atomic mass is 16.5. The molecule has 8 N–H and O–H groups in total. The number of rotatable bonds is 15. The molecule has 0 aromatic heterocycles. The molecule has 0 aliphatic rings. The van der Waals surface area contributed by atoms with Gasteiger partial charge in [-0.1, -0.05) is 12.8 Å². The lowest BCUT2D eigenvalue weighted by molar-refractivity contribution is -0.103. The van der Waals surface area contributed by atoms with Gasteiger partial charge in [-0.25, -0.2) is 0 Å². The minimum atomic E-state index is -1.16. The monoisotopic (exact) mass is 372 g/mol. The van der Waals surface area contributed by atoms with Gasteiger partial charge in [0.1, 0.15) is 0 Å². The Balaban J connectivity index is 0. The Hall–Kier alpha value is -0.360. The first-order valence-corrected chi connectivity index (χ1v) is 8.44. The molecule has 0 saturated carbocycles. The molecule has 0 amide bonds. The summed E-state index contributed by atoms with van der Waals surface area (Å²) in [5.41, 5.74) is -2.32. The van der Waals surface area contributed by atoms with Gasteiger partial charge in [0.25, 0.3) is 0 Å². The number of unbranched alkanes of at least 4 members (excludes halogenated alkanes) is 3. The molecule has 0 radical (unpaired) electrons. The van der Waals surface area contributed by atoms with E-state index in [1.807, 2.05) is 0 Å². The van der Waals surface area contributed by atoms with Crippen LogP contribution in [0, 0.1) is 10.8 Å². The Morgan fingerprint density at radius 3 is 0.920 bits per heavy atom. The number of hydrogen-bond donors (Lipinski definition) is 8. The lowest BCUT2D eigenvalue weighted by Gasteiger charge is -2.31. The third-order valence-electron chi connectivity index (χ3n) is 3.90. The maximum absolute atomic E-state index is 9.03. The molecule has 154 valence electrons. The summed E-state index contributed by atoms with van der Waals surface area (Å²) in [5.74, 6) is 0. The summed E-state index contributed by atoms with van der Waals surface area (Å²) >= 11 is 0. The van der Waals surface area contributed by atoms with Crippen LogP contribution in [0.1, 0.15) is 25.7 Å². The van der Waals surface area contributed by atoms with Gasteiger partial charge in [0.2, 0.25) is 0 Å². The van der Waals surface area contributed by atoms with Crippen molar-refractivity contribution in [2.75, 3.05) is 66.1 Å². The molecule has 9 heteroatoms. The van der Waals surface area contributed by atoms with E-state index in [0.29, 0.717) is 0 Å². The molecule has 0 fully saturated rings. The van der Waals surface area contributed by atoms with Crippen molar-refractivity contribution >= 4 is 0 Å². The van der Waals surface area contributed by atoms with Gasteiger partial charge in [-0.3, -0.25) is 0 Å². The second-order valence-corrected chi connectivity index (χ2v) is 6.30. The third kappa shape index (κ3) is 11.8. The summed E-state index contributed by atoms with van der Waals surface area (Å²) in [5, 5.41) is 70.8. The maximum Gasteiger partial charge on any atom is 0.0629 e. The van der Waals surface area contributed by atoms with Crippen LogP contribution in [0.15, 0.2) is 0 Å². The highest BCUT2D eigenvalue weighted by Gasteiger charge is 2.32. The second-order valence-electron chi connectivity index (χ2n) is 6.30. The quantitative estimate of drug-likeness (QED) is 0.144. The molecule has 25 heavy (non-hydrogen) atoms. The van der Waals surface area contributed by atoms with E-state index in [2.05, 4.69) is 0 Å². The van der Waals surface area contributed by atoms with Gasteiger partial charge in [-0.2, -0.15) is 0 Å². The van der Waals surface area contributed by atoms with E-state index in [-0.39, 0.29) is 26.4 Å². The summed E-state index contributed by atoms with van der Waals surface area (Å²) < 4.78 is 5.15. The average Bonchev–Trinajstić information content (AvgIpc) is 2.67. The molecule has 0 aromatic carbocycles. The minimum Gasteiger partial charge on any atom is -0.396 e. The fraction of sp³-hybridized carbons (Fsp3) is 1.00. The molecule has 0 unspecified atom stereocenters. The molecule has 0 atom stereocenters. The van der Waals surface area contributed by atoms with E-state index in [4.69, 9.17) is 45.6 Å². The number of hydrogen-bond acceptors (Lipinski definition) is 9. The van der Waals surface area contributed by atoms with Crippen LogP contribution in [0.5, 0.6) is 0 Å². The van der Waals surface area contributed by atoms with Crippen molar-refractivity contribution in [1.82, 2.24) is 0 Å². The van der Waals surface area contributed by atoms with Gasteiger partial charge in [0.05, 0.1) is 63.7 Å². The topological polar surface area (TPSA) is 171 Å². The summed E-state index contributed by atoms with van der Waals surface area (Å²) in [6, 6.07) is 0. The van der Waals surface area contributed by atoms with Crippen LogP contribution in [0.3, 0.4) is 0 Å². The molecule has 0 aliphatic heterocycles. The van der Waals surface area contributed by atoms with Crippen LogP contribution >= 0.6 is 0 Å². The molecule has 9 nitrogen and oxygen atoms in total. The predicted octanol–water partition coefficient (Wildman–Crippen LogP) is -2.54. The second kappa shape index (κ2) is 17.1. The van der Waals surface area contributed by atoms with Crippen molar-refractivity contribution in [3.63, 3.8) is 0 Å². The highest BCUT2D eigenvalue weighted by Crippen LogP contribution is 2.19. The largest absolute Gasteiger partial charge is 0.396 e. The van der Waals surface area contributed by atoms with Gasteiger partial charge in [0, 0.05) is 13.2 Å². The molecular formula is C16H36O9. The van der Waals surface area contributed by atoms with Crippen molar-refractivity contribution in [2.45, 2.75) is 25.7 Å². The molecule has 0 aromatic rings. The van der Waals surface area contributed by atoms with Crippen LogP contribution in [-0.2, 0) is 4.74 Å².